The highest BCUT2D eigenvalue weighted by atomic mass is 35.5. The summed E-state index contributed by atoms with van der Waals surface area (Å²) >= 11 is 12.2. The zero-order valence-electron chi connectivity index (χ0n) is 23.0. The van der Waals surface area contributed by atoms with Gasteiger partial charge in [0, 0.05) is 12.1 Å². The molecule has 0 heterocycles. The number of hydrogen-bond acceptors (Lipinski definition) is 7. The molecule has 0 fully saturated rings. The first-order valence-corrected chi connectivity index (χ1v) is 14.2. The van der Waals surface area contributed by atoms with Gasteiger partial charge in [0.15, 0.2) is 11.5 Å². The Morgan fingerprint density at radius 1 is 0.925 bits per heavy atom. The second-order valence-electron chi connectivity index (χ2n) is 8.97. The summed E-state index contributed by atoms with van der Waals surface area (Å²) in [5.74, 6) is 0.532. The van der Waals surface area contributed by atoms with Gasteiger partial charge in [0.25, 0.3) is 5.91 Å². The van der Waals surface area contributed by atoms with Crippen LogP contribution in [0.2, 0.25) is 10.0 Å². The Hall–Kier alpha value is -3.31. The molecule has 0 saturated heterocycles. The van der Waals surface area contributed by atoms with E-state index in [9.17, 15) is 13.2 Å². The molecule has 0 spiro atoms. The maximum Gasteiger partial charge on any atom is 0.255 e. The van der Waals surface area contributed by atoms with E-state index in [1.165, 1.54) is 27.5 Å². The average Bonchev–Trinajstić information content (AvgIpc) is 2.89. The molecule has 0 atom stereocenters. The second kappa shape index (κ2) is 13.4. The Morgan fingerprint density at radius 2 is 1.57 bits per heavy atom. The minimum Gasteiger partial charge on any atom is -0.493 e. The molecular formula is C28H31Cl2N3O6S. The summed E-state index contributed by atoms with van der Waals surface area (Å²) in [4.78, 5) is 13.1. The molecule has 0 aromatic heterocycles. The standard InChI is InChI=1S/C28H31Cl2N3O6S/c1-17-11-18(2)28(19(3)12-17)40(35,36)33(15-20-7-9-22(29)23(30)13-20)16-25(34)32-31-14-21-8-10-24(37-4)27(39-6)26(21)38-5/h7-14H,15-16H2,1-6H3,(H,32,34)/b31-14+. The maximum atomic E-state index is 13.9. The molecule has 0 aliphatic carbocycles. The fourth-order valence-corrected chi connectivity index (χ4v) is 6.48. The number of methoxy groups -OCH3 is 3. The lowest BCUT2D eigenvalue weighted by Gasteiger charge is -2.24. The van der Waals surface area contributed by atoms with Crippen LogP contribution in [0.1, 0.15) is 27.8 Å². The van der Waals surface area contributed by atoms with Gasteiger partial charge in [0.2, 0.25) is 15.8 Å². The third-order valence-electron chi connectivity index (χ3n) is 5.99. The van der Waals surface area contributed by atoms with E-state index in [1.807, 2.05) is 6.92 Å². The van der Waals surface area contributed by atoms with E-state index in [0.29, 0.717) is 44.5 Å². The molecule has 40 heavy (non-hydrogen) atoms. The number of rotatable bonds is 11. The first kappa shape index (κ1) is 31.2. The van der Waals surface area contributed by atoms with Crippen LogP contribution in [0.4, 0.5) is 0 Å². The number of carbonyl (C=O) groups is 1. The van der Waals surface area contributed by atoms with Crippen LogP contribution in [0, 0.1) is 20.8 Å². The quantitative estimate of drug-likeness (QED) is 0.234. The SMILES string of the molecule is COc1ccc(/C=N/NC(=O)CN(Cc2ccc(Cl)c(Cl)c2)S(=O)(=O)c2c(C)cc(C)cc2C)c(OC)c1OC. The summed E-state index contributed by atoms with van der Waals surface area (Å²) in [6.07, 6.45) is 1.37. The highest BCUT2D eigenvalue weighted by molar-refractivity contribution is 7.89. The van der Waals surface area contributed by atoms with E-state index in [2.05, 4.69) is 10.5 Å². The highest BCUT2D eigenvalue weighted by Crippen LogP contribution is 2.39. The number of nitrogens with zero attached hydrogens (tertiary/aromatic N) is 2. The minimum absolute atomic E-state index is 0.118. The van der Waals surface area contributed by atoms with Gasteiger partial charge in [-0.25, -0.2) is 13.8 Å². The number of benzene rings is 3. The summed E-state index contributed by atoms with van der Waals surface area (Å²) in [7, 11) is 0.339. The van der Waals surface area contributed by atoms with Gasteiger partial charge >= 0.3 is 0 Å². The zero-order chi connectivity index (χ0) is 29.6. The van der Waals surface area contributed by atoms with Gasteiger partial charge < -0.3 is 14.2 Å². The second-order valence-corrected chi connectivity index (χ2v) is 11.7. The Balaban J connectivity index is 1.91. The molecule has 0 radical (unpaired) electrons. The number of halogens is 2. The molecule has 12 heteroatoms. The van der Waals surface area contributed by atoms with E-state index >= 15 is 0 Å². The van der Waals surface area contributed by atoms with Gasteiger partial charge in [0.05, 0.1) is 49.0 Å². The van der Waals surface area contributed by atoms with Crippen LogP contribution < -0.4 is 19.6 Å². The van der Waals surface area contributed by atoms with Crippen molar-refractivity contribution in [2.24, 2.45) is 5.10 Å². The Morgan fingerprint density at radius 3 is 2.15 bits per heavy atom. The number of aryl methyl sites for hydroxylation is 3. The average molecular weight is 609 g/mol. The Kier molecular flexibility index (Phi) is 10.4. The van der Waals surface area contributed by atoms with Crippen LogP contribution in [-0.4, -0.2) is 52.7 Å². The van der Waals surface area contributed by atoms with Crippen molar-refractivity contribution in [3.05, 3.63) is 80.3 Å². The minimum atomic E-state index is -4.11. The number of carbonyl (C=O) groups excluding carboxylic acids is 1. The number of hydrazone groups is 1. The molecule has 1 N–H and O–H groups in total. The van der Waals surface area contributed by atoms with Gasteiger partial charge in [-0.05, 0) is 61.7 Å². The van der Waals surface area contributed by atoms with E-state index in [0.717, 1.165) is 9.87 Å². The molecule has 0 aliphatic heterocycles. The molecule has 3 aromatic carbocycles. The van der Waals surface area contributed by atoms with Crippen LogP contribution in [0.5, 0.6) is 17.2 Å². The first-order chi connectivity index (χ1) is 18.9. The monoisotopic (exact) mass is 607 g/mol. The molecule has 3 aromatic rings. The molecule has 0 unspecified atom stereocenters. The number of hydrogen-bond donors (Lipinski definition) is 1. The lowest BCUT2D eigenvalue weighted by atomic mass is 10.1. The lowest BCUT2D eigenvalue weighted by molar-refractivity contribution is -0.121. The smallest absolute Gasteiger partial charge is 0.255 e. The van der Waals surface area contributed by atoms with Crippen molar-refractivity contribution in [3.63, 3.8) is 0 Å². The normalized spacial score (nSPS) is 11.6. The van der Waals surface area contributed by atoms with Crippen molar-refractivity contribution in [1.29, 1.82) is 0 Å². The largest absolute Gasteiger partial charge is 0.493 e. The van der Waals surface area contributed by atoms with Crippen LogP contribution in [0.3, 0.4) is 0 Å². The lowest BCUT2D eigenvalue weighted by Crippen LogP contribution is -2.39. The van der Waals surface area contributed by atoms with Crippen LogP contribution in [0.25, 0.3) is 0 Å². The van der Waals surface area contributed by atoms with Crippen molar-refractivity contribution in [3.8, 4) is 17.2 Å². The summed E-state index contributed by atoms with van der Waals surface area (Å²) in [5.41, 5.74) is 5.56. The maximum absolute atomic E-state index is 13.9. The molecule has 9 nitrogen and oxygen atoms in total. The van der Waals surface area contributed by atoms with Gasteiger partial charge in [-0.1, -0.05) is 47.0 Å². The first-order valence-electron chi connectivity index (χ1n) is 12.1. The van der Waals surface area contributed by atoms with Crippen LogP contribution in [0.15, 0.2) is 52.5 Å². The summed E-state index contributed by atoms with van der Waals surface area (Å²) in [6, 6.07) is 11.7. The fourth-order valence-electron chi connectivity index (χ4n) is 4.37. The number of sulfonamides is 1. The third-order valence-corrected chi connectivity index (χ3v) is 8.83. The van der Waals surface area contributed by atoms with Gasteiger partial charge in [0.1, 0.15) is 0 Å². The van der Waals surface area contributed by atoms with Gasteiger partial charge in [-0.2, -0.15) is 9.41 Å². The van der Waals surface area contributed by atoms with Crippen molar-refractivity contribution in [2.45, 2.75) is 32.2 Å². The van der Waals surface area contributed by atoms with Gasteiger partial charge in [-0.15, -0.1) is 0 Å². The summed E-state index contributed by atoms with van der Waals surface area (Å²) in [6.45, 7) is 4.72. The topological polar surface area (TPSA) is 107 Å². The van der Waals surface area contributed by atoms with Crippen LogP contribution in [-0.2, 0) is 21.4 Å². The highest BCUT2D eigenvalue weighted by Gasteiger charge is 2.30. The predicted molar refractivity (Wildman–Crippen MR) is 157 cm³/mol. The van der Waals surface area contributed by atoms with Crippen molar-refractivity contribution in [2.75, 3.05) is 27.9 Å². The van der Waals surface area contributed by atoms with Crippen LogP contribution >= 0.6 is 23.2 Å². The molecule has 1 amide bonds. The number of nitrogens with one attached hydrogen (secondary N) is 1. The summed E-state index contributed by atoms with van der Waals surface area (Å²) in [5, 5.41) is 4.62. The van der Waals surface area contributed by atoms with Crippen molar-refractivity contribution < 1.29 is 27.4 Å². The van der Waals surface area contributed by atoms with E-state index < -0.39 is 22.5 Å². The molecule has 3 rings (SSSR count). The summed E-state index contributed by atoms with van der Waals surface area (Å²) < 4.78 is 44.9. The van der Waals surface area contributed by atoms with E-state index in [4.69, 9.17) is 37.4 Å². The molecule has 0 bridgehead atoms. The van der Waals surface area contributed by atoms with E-state index in [-0.39, 0.29) is 16.5 Å². The molecule has 214 valence electrons. The Bertz CT molecular complexity index is 1520. The third kappa shape index (κ3) is 7.06. The molecule has 0 saturated carbocycles. The molecular weight excluding hydrogens is 577 g/mol. The predicted octanol–water partition coefficient (Wildman–Crippen LogP) is 5.29. The Labute approximate surface area is 244 Å². The van der Waals surface area contributed by atoms with Crippen molar-refractivity contribution >= 4 is 45.3 Å². The molecule has 0 aliphatic rings. The van der Waals surface area contributed by atoms with E-state index in [1.54, 1.807) is 56.3 Å². The number of ether oxygens (including phenoxy) is 3. The fraction of sp³-hybridized carbons (Fsp3) is 0.286. The zero-order valence-corrected chi connectivity index (χ0v) is 25.4. The number of amides is 1. The van der Waals surface area contributed by atoms with Crippen molar-refractivity contribution in [1.82, 2.24) is 9.73 Å². The van der Waals surface area contributed by atoms with Gasteiger partial charge in [-0.3, -0.25) is 4.79 Å².